The molecule has 0 saturated carbocycles. The fraction of sp³-hybridized carbons (Fsp3) is 0.478. The van der Waals surface area contributed by atoms with Gasteiger partial charge in [0.1, 0.15) is 12.2 Å². The molecule has 176 valence electrons. The average molecular weight is 461 g/mol. The number of amides is 1. The monoisotopic (exact) mass is 460 g/mol. The van der Waals surface area contributed by atoms with E-state index in [1.54, 1.807) is 0 Å². The van der Waals surface area contributed by atoms with Gasteiger partial charge in [-0.3, -0.25) is 4.79 Å². The van der Waals surface area contributed by atoms with Gasteiger partial charge < -0.3 is 14.8 Å². The Labute approximate surface area is 190 Å². The number of hydrogen-bond donors (Lipinski definition) is 1. The lowest BCUT2D eigenvalue weighted by atomic mass is 10.1. The summed E-state index contributed by atoms with van der Waals surface area (Å²) in [6, 6.07) is 5.00. The summed E-state index contributed by atoms with van der Waals surface area (Å²) in [5.74, 6) is 1.25. The van der Waals surface area contributed by atoms with Crippen LogP contribution in [-0.2, 0) is 17.5 Å². The van der Waals surface area contributed by atoms with Crippen molar-refractivity contribution in [3.8, 4) is 11.4 Å². The molecule has 0 bridgehead atoms. The summed E-state index contributed by atoms with van der Waals surface area (Å²) in [4.78, 5) is 27.8. The first-order valence-electron chi connectivity index (χ1n) is 11.2. The average Bonchev–Trinajstić information content (AvgIpc) is 3.42. The predicted molar refractivity (Wildman–Crippen MR) is 119 cm³/mol. The Morgan fingerprint density at radius 1 is 1.21 bits per heavy atom. The molecule has 10 heteroatoms. The first-order valence-corrected chi connectivity index (χ1v) is 11.2. The van der Waals surface area contributed by atoms with Crippen LogP contribution in [0.15, 0.2) is 30.6 Å². The van der Waals surface area contributed by atoms with Crippen LogP contribution in [0.3, 0.4) is 0 Å². The molecule has 1 amide bonds. The summed E-state index contributed by atoms with van der Waals surface area (Å²) in [5.41, 5.74) is 1.03. The highest BCUT2D eigenvalue weighted by Gasteiger charge is 2.31. The number of aromatic nitrogens is 4. The molecule has 4 rings (SSSR count). The van der Waals surface area contributed by atoms with Gasteiger partial charge in [0.25, 0.3) is 0 Å². The lowest BCUT2D eigenvalue weighted by Crippen LogP contribution is -2.35. The number of likely N-dealkylation sites (tertiary alicyclic amines) is 1. The minimum Gasteiger partial charge on any atom is -0.364 e. The number of rotatable bonds is 6. The fourth-order valence-corrected chi connectivity index (χ4v) is 4.13. The van der Waals surface area contributed by atoms with Crippen molar-refractivity contribution in [2.75, 3.05) is 18.4 Å². The predicted octanol–water partition coefficient (Wildman–Crippen LogP) is 4.59. The number of carbonyl (C=O) groups is 1. The summed E-state index contributed by atoms with van der Waals surface area (Å²) in [5, 5.41) is 3.40. The molecule has 1 unspecified atom stereocenters. The number of fused-ring (bicyclic) bond motifs is 1. The van der Waals surface area contributed by atoms with Gasteiger partial charge in [0.2, 0.25) is 5.91 Å². The summed E-state index contributed by atoms with van der Waals surface area (Å²) in [6.45, 7) is 7.70. The van der Waals surface area contributed by atoms with E-state index in [0.29, 0.717) is 48.0 Å². The molecule has 1 fully saturated rings. The highest BCUT2D eigenvalue weighted by atomic mass is 19.4. The van der Waals surface area contributed by atoms with Gasteiger partial charge in [0.15, 0.2) is 17.0 Å². The maximum absolute atomic E-state index is 13.0. The van der Waals surface area contributed by atoms with E-state index in [1.165, 1.54) is 18.5 Å². The Balaban J connectivity index is 1.61. The lowest BCUT2D eigenvalue weighted by Gasteiger charge is -2.20. The van der Waals surface area contributed by atoms with Crippen LogP contribution in [0.4, 0.5) is 19.0 Å². The molecule has 1 aliphatic rings. The molecule has 7 nitrogen and oxygen atoms in total. The standard InChI is InChI=1S/C23H27F3N6O/c1-4-14(3)22(33)31-11-10-17(12-31)29-19-18-21(28-13-27-19)32(5-2)20(30-18)15-6-8-16(9-7-15)23(24,25)26/h6-9,13-14,17H,4-5,10-12H2,1-3H3,(H,27,28,29)/t14?,17-/m0/s1. The normalized spacial score (nSPS) is 17.5. The topological polar surface area (TPSA) is 75.9 Å². The number of halogens is 3. The Morgan fingerprint density at radius 2 is 1.94 bits per heavy atom. The van der Waals surface area contributed by atoms with Gasteiger partial charge >= 0.3 is 6.18 Å². The highest BCUT2D eigenvalue weighted by molar-refractivity contribution is 5.86. The van der Waals surface area contributed by atoms with E-state index in [1.807, 2.05) is 30.2 Å². The molecule has 1 saturated heterocycles. The maximum atomic E-state index is 13.0. The first-order chi connectivity index (χ1) is 15.7. The Bertz CT molecular complexity index is 1140. The Morgan fingerprint density at radius 3 is 2.58 bits per heavy atom. The number of nitrogens with one attached hydrogen (secondary N) is 1. The van der Waals surface area contributed by atoms with Crippen LogP contribution in [0, 0.1) is 5.92 Å². The van der Waals surface area contributed by atoms with Crippen molar-refractivity contribution >= 4 is 22.9 Å². The summed E-state index contributed by atoms with van der Waals surface area (Å²) < 4.78 is 40.7. The Hall–Kier alpha value is -3.17. The van der Waals surface area contributed by atoms with Crippen molar-refractivity contribution in [2.45, 2.75) is 52.4 Å². The van der Waals surface area contributed by atoms with Gasteiger partial charge in [-0.15, -0.1) is 0 Å². The molecule has 0 radical (unpaired) electrons. The second-order valence-corrected chi connectivity index (χ2v) is 8.37. The van der Waals surface area contributed by atoms with Crippen LogP contribution in [0.5, 0.6) is 0 Å². The van der Waals surface area contributed by atoms with Crippen LogP contribution in [0.1, 0.15) is 39.2 Å². The van der Waals surface area contributed by atoms with Crippen LogP contribution < -0.4 is 5.32 Å². The molecule has 0 spiro atoms. The van der Waals surface area contributed by atoms with Gasteiger partial charge in [0, 0.05) is 37.2 Å². The fourth-order valence-electron chi connectivity index (χ4n) is 4.13. The first kappa shape index (κ1) is 23.0. The zero-order valence-electron chi connectivity index (χ0n) is 18.9. The molecule has 0 aliphatic carbocycles. The second kappa shape index (κ2) is 8.99. The summed E-state index contributed by atoms with van der Waals surface area (Å²) in [6.07, 6.45) is -1.33. The number of imidazole rings is 1. The van der Waals surface area contributed by atoms with E-state index in [9.17, 15) is 18.0 Å². The van der Waals surface area contributed by atoms with E-state index in [-0.39, 0.29) is 17.9 Å². The third-order valence-corrected chi connectivity index (χ3v) is 6.19. The molecule has 1 N–H and O–H groups in total. The van der Waals surface area contributed by atoms with E-state index < -0.39 is 11.7 Å². The number of nitrogens with zero attached hydrogens (tertiary/aromatic N) is 5. The van der Waals surface area contributed by atoms with Gasteiger partial charge in [-0.05, 0) is 31.9 Å². The third kappa shape index (κ3) is 4.51. The number of carbonyl (C=O) groups excluding carboxylic acids is 1. The van der Waals surface area contributed by atoms with Gasteiger partial charge in [0.05, 0.1) is 5.56 Å². The summed E-state index contributed by atoms with van der Waals surface area (Å²) in [7, 11) is 0. The minimum absolute atomic E-state index is 0.000974. The van der Waals surface area contributed by atoms with Gasteiger partial charge in [-0.1, -0.05) is 26.0 Å². The lowest BCUT2D eigenvalue weighted by molar-refractivity contribution is -0.137. The molecule has 1 aliphatic heterocycles. The van der Waals surface area contributed by atoms with Crippen molar-refractivity contribution in [2.24, 2.45) is 5.92 Å². The van der Waals surface area contributed by atoms with Crippen LogP contribution in [0.25, 0.3) is 22.6 Å². The third-order valence-electron chi connectivity index (χ3n) is 6.19. The van der Waals surface area contributed by atoms with Crippen molar-refractivity contribution in [3.05, 3.63) is 36.2 Å². The second-order valence-electron chi connectivity index (χ2n) is 8.37. The SMILES string of the molecule is CCC(C)C(=O)N1CC[C@H](Nc2ncnc3c2nc(-c2ccc(C(F)(F)F)cc2)n3CC)C1. The zero-order chi connectivity index (χ0) is 23.8. The maximum Gasteiger partial charge on any atom is 0.416 e. The minimum atomic E-state index is -4.39. The number of hydrogen-bond acceptors (Lipinski definition) is 5. The number of alkyl halides is 3. The molecule has 3 heterocycles. The van der Waals surface area contributed by atoms with E-state index in [2.05, 4.69) is 15.3 Å². The van der Waals surface area contributed by atoms with Crippen LogP contribution in [0.2, 0.25) is 0 Å². The Kier molecular flexibility index (Phi) is 6.27. The quantitative estimate of drug-likeness (QED) is 0.582. The molecule has 33 heavy (non-hydrogen) atoms. The zero-order valence-corrected chi connectivity index (χ0v) is 18.9. The highest BCUT2D eigenvalue weighted by Crippen LogP contribution is 2.32. The largest absolute Gasteiger partial charge is 0.416 e. The molecule has 2 atom stereocenters. The molecular weight excluding hydrogens is 433 g/mol. The van der Waals surface area contributed by atoms with Crippen molar-refractivity contribution in [3.63, 3.8) is 0 Å². The smallest absolute Gasteiger partial charge is 0.364 e. The van der Waals surface area contributed by atoms with Crippen molar-refractivity contribution < 1.29 is 18.0 Å². The van der Waals surface area contributed by atoms with E-state index >= 15 is 0 Å². The molecule has 3 aromatic rings. The molecule has 2 aromatic heterocycles. The van der Waals surface area contributed by atoms with E-state index in [0.717, 1.165) is 25.0 Å². The summed E-state index contributed by atoms with van der Waals surface area (Å²) >= 11 is 0. The number of aryl methyl sites for hydroxylation is 1. The number of benzene rings is 1. The van der Waals surface area contributed by atoms with Gasteiger partial charge in [-0.2, -0.15) is 13.2 Å². The van der Waals surface area contributed by atoms with Crippen LogP contribution in [-0.4, -0.2) is 49.5 Å². The number of anilines is 1. The van der Waals surface area contributed by atoms with Crippen molar-refractivity contribution in [1.82, 2.24) is 24.4 Å². The van der Waals surface area contributed by atoms with Crippen molar-refractivity contribution in [1.29, 1.82) is 0 Å². The van der Waals surface area contributed by atoms with E-state index in [4.69, 9.17) is 4.98 Å². The van der Waals surface area contributed by atoms with Crippen LogP contribution >= 0.6 is 0 Å². The molecular formula is C23H27F3N6O. The van der Waals surface area contributed by atoms with Gasteiger partial charge in [-0.25, -0.2) is 15.0 Å². The molecule has 1 aromatic carbocycles.